The largest absolute Gasteiger partial charge is 0.496 e. The van der Waals surface area contributed by atoms with Gasteiger partial charge in [0.2, 0.25) is 0 Å². The number of hydrogen-bond donors (Lipinski definition) is 1. The molecule has 1 N–H and O–H groups in total. The number of rotatable bonds is 7. The van der Waals surface area contributed by atoms with Crippen molar-refractivity contribution in [1.82, 2.24) is 10.2 Å². The minimum atomic E-state index is 0.230. The Morgan fingerprint density at radius 3 is 2.67 bits per heavy atom. The van der Waals surface area contributed by atoms with Gasteiger partial charge in [-0.1, -0.05) is 18.5 Å². The molecule has 0 spiro atoms. The van der Waals surface area contributed by atoms with Crippen molar-refractivity contribution in [2.24, 2.45) is 0 Å². The molecule has 1 aromatic rings. The maximum atomic E-state index is 6.09. The third kappa shape index (κ3) is 4.48. The molecule has 0 aliphatic rings. The second-order valence-corrected chi connectivity index (χ2v) is 5.09. The second kappa shape index (κ2) is 7.62. The van der Waals surface area contributed by atoms with Crippen molar-refractivity contribution in [1.29, 1.82) is 0 Å². The van der Waals surface area contributed by atoms with Gasteiger partial charge in [0, 0.05) is 23.2 Å². The molecule has 0 aromatic heterocycles. The molecule has 0 radical (unpaired) electrons. The number of likely N-dealkylation sites (N-methyl/N-ethyl adjacent to an activating group) is 1. The zero-order valence-corrected chi connectivity index (χ0v) is 12.4. The molecular formula is C14H23ClN2O. The summed E-state index contributed by atoms with van der Waals surface area (Å²) < 4.78 is 5.43. The standard InChI is InChI=1S/C14H23ClN2O/c1-5-8-16-13(10-17(2)3)12-9-11(15)6-7-14(12)18-4/h6-7,9,13,16H,5,8,10H2,1-4H3. The van der Waals surface area contributed by atoms with E-state index in [0.717, 1.165) is 35.8 Å². The van der Waals surface area contributed by atoms with Gasteiger partial charge in [0.1, 0.15) is 5.75 Å². The Bertz CT molecular complexity index is 369. The van der Waals surface area contributed by atoms with E-state index in [4.69, 9.17) is 16.3 Å². The first-order valence-corrected chi connectivity index (χ1v) is 6.67. The van der Waals surface area contributed by atoms with Gasteiger partial charge < -0.3 is 15.0 Å². The zero-order chi connectivity index (χ0) is 13.5. The number of nitrogens with zero attached hydrogens (tertiary/aromatic N) is 1. The van der Waals surface area contributed by atoms with E-state index in [9.17, 15) is 0 Å². The van der Waals surface area contributed by atoms with Crippen LogP contribution in [0.2, 0.25) is 5.02 Å². The minimum Gasteiger partial charge on any atom is -0.496 e. The quantitative estimate of drug-likeness (QED) is 0.824. The predicted molar refractivity (Wildman–Crippen MR) is 77.6 cm³/mol. The summed E-state index contributed by atoms with van der Waals surface area (Å²) >= 11 is 6.09. The van der Waals surface area contributed by atoms with Crippen LogP contribution in [0.3, 0.4) is 0 Å². The number of benzene rings is 1. The van der Waals surface area contributed by atoms with Crippen LogP contribution in [0.1, 0.15) is 24.9 Å². The summed E-state index contributed by atoms with van der Waals surface area (Å²) in [7, 11) is 5.83. The highest BCUT2D eigenvalue weighted by atomic mass is 35.5. The molecule has 1 rings (SSSR count). The van der Waals surface area contributed by atoms with Crippen LogP contribution in [-0.4, -0.2) is 39.2 Å². The highest BCUT2D eigenvalue weighted by Gasteiger charge is 2.16. The molecular weight excluding hydrogens is 248 g/mol. The maximum Gasteiger partial charge on any atom is 0.123 e. The monoisotopic (exact) mass is 270 g/mol. The Hall–Kier alpha value is -0.770. The van der Waals surface area contributed by atoms with Crippen LogP contribution in [0, 0.1) is 0 Å². The van der Waals surface area contributed by atoms with Crippen LogP contribution >= 0.6 is 11.6 Å². The van der Waals surface area contributed by atoms with Gasteiger partial charge in [-0.05, 0) is 45.3 Å². The normalized spacial score (nSPS) is 12.8. The van der Waals surface area contributed by atoms with E-state index in [1.54, 1.807) is 7.11 Å². The van der Waals surface area contributed by atoms with E-state index in [2.05, 4.69) is 31.2 Å². The third-order valence-corrected chi connectivity index (χ3v) is 2.99. The van der Waals surface area contributed by atoms with Gasteiger partial charge in [0.05, 0.1) is 7.11 Å². The highest BCUT2D eigenvalue weighted by Crippen LogP contribution is 2.28. The average Bonchev–Trinajstić information content (AvgIpc) is 2.34. The van der Waals surface area contributed by atoms with E-state index >= 15 is 0 Å². The number of halogens is 1. The Kier molecular flexibility index (Phi) is 6.47. The van der Waals surface area contributed by atoms with Crippen molar-refractivity contribution in [3.8, 4) is 5.75 Å². The van der Waals surface area contributed by atoms with Crippen molar-refractivity contribution in [3.63, 3.8) is 0 Å². The Morgan fingerprint density at radius 1 is 1.39 bits per heavy atom. The van der Waals surface area contributed by atoms with Crippen LogP contribution < -0.4 is 10.1 Å². The fourth-order valence-corrected chi connectivity index (χ4v) is 2.11. The summed E-state index contributed by atoms with van der Waals surface area (Å²) in [6.07, 6.45) is 1.10. The van der Waals surface area contributed by atoms with Crippen molar-refractivity contribution >= 4 is 11.6 Å². The van der Waals surface area contributed by atoms with Crippen molar-refractivity contribution < 1.29 is 4.74 Å². The Morgan fingerprint density at radius 2 is 2.11 bits per heavy atom. The molecule has 18 heavy (non-hydrogen) atoms. The topological polar surface area (TPSA) is 24.5 Å². The average molecular weight is 271 g/mol. The summed E-state index contributed by atoms with van der Waals surface area (Å²) in [6, 6.07) is 6.00. The summed E-state index contributed by atoms with van der Waals surface area (Å²) in [5.74, 6) is 0.884. The van der Waals surface area contributed by atoms with E-state index < -0.39 is 0 Å². The summed E-state index contributed by atoms with van der Waals surface area (Å²) in [5.41, 5.74) is 1.12. The number of nitrogens with one attached hydrogen (secondary N) is 1. The molecule has 4 heteroatoms. The molecule has 1 aromatic carbocycles. The molecule has 102 valence electrons. The van der Waals surface area contributed by atoms with Gasteiger partial charge in [0.15, 0.2) is 0 Å². The summed E-state index contributed by atoms with van der Waals surface area (Å²) in [6.45, 7) is 4.06. The van der Waals surface area contributed by atoms with Crippen molar-refractivity contribution in [2.75, 3.05) is 34.3 Å². The van der Waals surface area contributed by atoms with Crippen LogP contribution in [0.25, 0.3) is 0 Å². The van der Waals surface area contributed by atoms with Crippen LogP contribution in [0.5, 0.6) is 5.75 Å². The van der Waals surface area contributed by atoms with Crippen molar-refractivity contribution in [2.45, 2.75) is 19.4 Å². The first kappa shape index (κ1) is 15.3. The molecule has 0 heterocycles. The molecule has 0 aliphatic carbocycles. The van der Waals surface area contributed by atoms with Crippen molar-refractivity contribution in [3.05, 3.63) is 28.8 Å². The third-order valence-electron chi connectivity index (χ3n) is 2.76. The molecule has 0 fully saturated rings. The molecule has 0 aliphatic heterocycles. The first-order chi connectivity index (χ1) is 8.58. The molecule has 3 nitrogen and oxygen atoms in total. The summed E-state index contributed by atoms with van der Waals surface area (Å²) in [5, 5.41) is 4.28. The molecule has 1 atom stereocenters. The van der Waals surface area contributed by atoms with E-state index in [1.807, 2.05) is 18.2 Å². The molecule has 0 amide bonds. The number of ether oxygens (including phenoxy) is 1. The minimum absolute atomic E-state index is 0.230. The summed E-state index contributed by atoms with van der Waals surface area (Å²) in [4.78, 5) is 2.16. The molecule has 0 saturated heterocycles. The lowest BCUT2D eigenvalue weighted by Crippen LogP contribution is -2.32. The van der Waals surface area contributed by atoms with Gasteiger partial charge in [0.25, 0.3) is 0 Å². The van der Waals surface area contributed by atoms with E-state index in [0.29, 0.717) is 0 Å². The number of hydrogen-bond acceptors (Lipinski definition) is 3. The molecule has 1 unspecified atom stereocenters. The zero-order valence-electron chi connectivity index (χ0n) is 11.7. The molecule has 0 saturated carbocycles. The lowest BCUT2D eigenvalue weighted by molar-refractivity contribution is 0.331. The second-order valence-electron chi connectivity index (χ2n) is 4.66. The first-order valence-electron chi connectivity index (χ1n) is 6.30. The fraction of sp³-hybridized carbons (Fsp3) is 0.571. The number of methoxy groups -OCH3 is 1. The Labute approximate surface area is 115 Å². The Balaban J connectivity index is 2.98. The van der Waals surface area contributed by atoms with Crippen LogP contribution in [0.15, 0.2) is 18.2 Å². The SMILES string of the molecule is CCCNC(CN(C)C)c1cc(Cl)ccc1OC. The molecule has 0 bridgehead atoms. The van der Waals surface area contributed by atoms with Gasteiger partial charge in [-0.3, -0.25) is 0 Å². The maximum absolute atomic E-state index is 6.09. The predicted octanol–water partition coefficient (Wildman–Crippen LogP) is 2.95. The van der Waals surface area contributed by atoms with Gasteiger partial charge in [-0.15, -0.1) is 0 Å². The lowest BCUT2D eigenvalue weighted by Gasteiger charge is -2.24. The van der Waals surface area contributed by atoms with Gasteiger partial charge in [-0.2, -0.15) is 0 Å². The van der Waals surface area contributed by atoms with E-state index in [1.165, 1.54) is 0 Å². The van der Waals surface area contributed by atoms with E-state index in [-0.39, 0.29) is 6.04 Å². The van der Waals surface area contributed by atoms with Gasteiger partial charge >= 0.3 is 0 Å². The van der Waals surface area contributed by atoms with Gasteiger partial charge in [-0.25, -0.2) is 0 Å². The van der Waals surface area contributed by atoms with Crippen LogP contribution in [0.4, 0.5) is 0 Å². The fourth-order valence-electron chi connectivity index (χ4n) is 1.93. The lowest BCUT2D eigenvalue weighted by atomic mass is 10.0. The highest BCUT2D eigenvalue weighted by molar-refractivity contribution is 6.30. The smallest absolute Gasteiger partial charge is 0.123 e. The van der Waals surface area contributed by atoms with Crippen LogP contribution in [-0.2, 0) is 0 Å².